The molecular formula is C28H36F3N3O3. The molecule has 0 unspecified atom stereocenters. The van der Waals surface area contributed by atoms with E-state index in [-0.39, 0.29) is 30.0 Å². The molecule has 1 amide bonds. The van der Waals surface area contributed by atoms with E-state index in [4.69, 9.17) is 4.74 Å². The van der Waals surface area contributed by atoms with Crippen LogP contribution in [-0.4, -0.2) is 46.7 Å². The molecule has 9 heteroatoms. The van der Waals surface area contributed by atoms with E-state index in [0.717, 1.165) is 36.8 Å². The number of aromatic nitrogens is 1. The fourth-order valence-electron chi connectivity index (χ4n) is 5.16. The summed E-state index contributed by atoms with van der Waals surface area (Å²) in [6.45, 7) is 6.53. The Balaban J connectivity index is 1.51. The maximum Gasteiger partial charge on any atom is 0.315 e. The number of nitrogens with zero attached hydrogens (tertiary/aromatic N) is 1. The van der Waals surface area contributed by atoms with Gasteiger partial charge in [0.05, 0.1) is 12.1 Å². The number of nitrogens with one attached hydrogen (secondary N) is 2. The Morgan fingerprint density at radius 1 is 1.22 bits per heavy atom. The van der Waals surface area contributed by atoms with E-state index in [9.17, 15) is 23.1 Å². The second kappa shape index (κ2) is 11.0. The Morgan fingerprint density at radius 2 is 1.92 bits per heavy atom. The molecule has 1 spiro atoms. The molecule has 0 bridgehead atoms. The minimum atomic E-state index is -3.20. The maximum absolute atomic E-state index is 13.3. The molecule has 6 nitrogen and oxygen atoms in total. The van der Waals surface area contributed by atoms with E-state index >= 15 is 0 Å². The van der Waals surface area contributed by atoms with Crippen LogP contribution in [0.2, 0.25) is 0 Å². The van der Waals surface area contributed by atoms with Crippen LogP contribution in [0.15, 0.2) is 36.5 Å². The molecule has 3 atom stereocenters. The molecule has 1 aliphatic carbocycles. The van der Waals surface area contributed by atoms with E-state index in [1.807, 2.05) is 6.20 Å². The van der Waals surface area contributed by atoms with Crippen molar-refractivity contribution in [3.05, 3.63) is 59.0 Å². The number of fused-ring (bicyclic) bond motifs is 1. The molecule has 0 radical (unpaired) electrons. The van der Waals surface area contributed by atoms with Crippen molar-refractivity contribution in [2.45, 2.75) is 89.5 Å². The molecule has 202 valence electrons. The number of carbonyl (C=O) groups is 1. The van der Waals surface area contributed by atoms with Gasteiger partial charge in [-0.15, -0.1) is 0 Å². The highest BCUT2D eigenvalue weighted by Crippen LogP contribution is 2.48. The summed E-state index contributed by atoms with van der Waals surface area (Å²) < 4.78 is 45.6. The van der Waals surface area contributed by atoms with Crippen molar-refractivity contribution in [2.24, 2.45) is 5.41 Å². The smallest absolute Gasteiger partial charge is 0.315 e. The van der Waals surface area contributed by atoms with E-state index in [0.29, 0.717) is 17.9 Å². The second-order valence-electron chi connectivity index (χ2n) is 11.6. The number of hydrogen-bond donors (Lipinski definition) is 3. The molecule has 2 aromatic rings. The van der Waals surface area contributed by atoms with Crippen molar-refractivity contribution < 1.29 is 27.8 Å². The summed E-state index contributed by atoms with van der Waals surface area (Å²) in [6, 6.07) is 6.49. The van der Waals surface area contributed by atoms with E-state index in [1.165, 1.54) is 24.3 Å². The molecule has 1 fully saturated rings. The SMILES string of the molecule is CC(C)(C)Cc1cnc2c(c1)[C@@H](NC[C@H](O)[C@H](Cc1ccc(F)cc1)NC(=O)C(F)F)CC1(CCC1)O2. The van der Waals surface area contributed by atoms with Crippen molar-refractivity contribution >= 4 is 5.91 Å². The standard InChI is InChI=1S/C28H36F3N3O3/c1-27(2,3)13-18-11-20-22(14-28(9-4-10-28)37-26(20)33-15-18)32-16-23(35)21(34-25(36)24(30)31)12-17-5-7-19(29)8-6-17/h5-8,11,15,21-24,32,35H,4,9-10,12-14,16H2,1-3H3,(H,34,36)/t21-,22-,23-/m0/s1. The average molecular weight is 520 g/mol. The maximum atomic E-state index is 13.3. The van der Waals surface area contributed by atoms with Gasteiger partial charge in [0.2, 0.25) is 5.88 Å². The lowest BCUT2D eigenvalue weighted by Gasteiger charge is -2.47. The molecule has 4 rings (SSSR count). The summed E-state index contributed by atoms with van der Waals surface area (Å²) in [4.78, 5) is 16.4. The third-order valence-electron chi connectivity index (χ3n) is 7.13. The summed E-state index contributed by atoms with van der Waals surface area (Å²) >= 11 is 0. The lowest BCUT2D eigenvalue weighted by molar-refractivity contribution is -0.133. The highest BCUT2D eigenvalue weighted by atomic mass is 19.3. The predicted octanol–water partition coefficient (Wildman–Crippen LogP) is 4.50. The van der Waals surface area contributed by atoms with Crippen LogP contribution in [0.4, 0.5) is 13.2 Å². The molecule has 1 saturated carbocycles. The molecule has 1 aromatic heterocycles. The van der Waals surface area contributed by atoms with Gasteiger partial charge in [0.25, 0.3) is 5.91 Å². The predicted molar refractivity (Wildman–Crippen MR) is 134 cm³/mol. The van der Waals surface area contributed by atoms with Crippen LogP contribution in [0.5, 0.6) is 5.88 Å². The number of amides is 1. The molecule has 2 heterocycles. The Hall–Kier alpha value is -2.65. The summed E-state index contributed by atoms with van der Waals surface area (Å²) in [6.07, 6.45) is 2.04. The van der Waals surface area contributed by atoms with Crippen LogP contribution >= 0.6 is 0 Å². The van der Waals surface area contributed by atoms with Gasteiger partial charge < -0.3 is 20.5 Å². The van der Waals surface area contributed by atoms with Gasteiger partial charge in [0, 0.05) is 30.8 Å². The molecule has 37 heavy (non-hydrogen) atoms. The van der Waals surface area contributed by atoms with E-state index in [2.05, 4.69) is 42.5 Å². The molecule has 1 aromatic carbocycles. The largest absolute Gasteiger partial charge is 0.471 e. The summed E-state index contributed by atoms with van der Waals surface area (Å²) in [5.41, 5.74) is 2.41. The zero-order valence-corrected chi connectivity index (χ0v) is 21.6. The first kappa shape index (κ1) is 27.4. The molecule has 0 saturated heterocycles. The Kier molecular flexibility index (Phi) is 8.14. The minimum Gasteiger partial charge on any atom is -0.471 e. The van der Waals surface area contributed by atoms with Gasteiger partial charge in [-0.2, -0.15) is 8.78 Å². The number of carbonyl (C=O) groups excluding carboxylic acids is 1. The van der Waals surface area contributed by atoms with Crippen molar-refractivity contribution in [1.82, 2.24) is 15.6 Å². The van der Waals surface area contributed by atoms with Crippen molar-refractivity contribution in [2.75, 3.05) is 6.54 Å². The Bertz CT molecular complexity index is 1080. The first-order chi connectivity index (χ1) is 17.4. The number of benzene rings is 1. The van der Waals surface area contributed by atoms with E-state index in [1.54, 1.807) is 0 Å². The number of halogens is 3. The van der Waals surface area contributed by atoms with Crippen molar-refractivity contribution in [3.63, 3.8) is 0 Å². The van der Waals surface area contributed by atoms with Gasteiger partial charge in [0.15, 0.2) is 0 Å². The minimum absolute atomic E-state index is 0.0546. The number of hydrogen-bond acceptors (Lipinski definition) is 5. The third-order valence-corrected chi connectivity index (χ3v) is 7.13. The van der Waals surface area contributed by atoms with Gasteiger partial charge in [-0.3, -0.25) is 4.79 Å². The van der Waals surface area contributed by atoms with Crippen LogP contribution in [0, 0.1) is 11.2 Å². The first-order valence-electron chi connectivity index (χ1n) is 12.9. The quantitative estimate of drug-likeness (QED) is 0.455. The number of aliphatic hydroxyl groups is 1. The Morgan fingerprint density at radius 3 is 2.51 bits per heavy atom. The van der Waals surface area contributed by atoms with Gasteiger partial charge >= 0.3 is 6.43 Å². The number of pyridine rings is 1. The molecule has 1 aliphatic heterocycles. The van der Waals surface area contributed by atoms with Crippen LogP contribution < -0.4 is 15.4 Å². The zero-order chi connectivity index (χ0) is 26.8. The normalized spacial score (nSPS) is 20.1. The third kappa shape index (κ3) is 7.02. The number of ether oxygens (including phenoxy) is 1. The van der Waals surface area contributed by atoms with Crippen LogP contribution in [-0.2, 0) is 17.6 Å². The van der Waals surface area contributed by atoms with Crippen LogP contribution in [0.1, 0.15) is 69.2 Å². The zero-order valence-electron chi connectivity index (χ0n) is 21.6. The highest BCUT2D eigenvalue weighted by Gasteiger charge is 2.46. The van der Waals surface area contributed by atoms with Gasteiger partial charge in [-0.25, -0.2) is 9.37 Å². The Labute approximate surface area is 216 Å². The highest BCUT2D eigenvalue weighted by molar-refractivity contribution is 5.79. The van der Waals surface area contributed by atoms with Crippen LogP contribution in [0.25, 0.3) is 0 Å². The number of aliphatic hydroxyl groups excluding tert-OH is 1. The number of rotatable bonds is 9. The number of alkyl halides is 2. The van der Waals surface area contributed by atoms with Crippen molar-refractivity contribution in [1.29, 1.82) is 0 Å². The average Bonchev–Trinajstić information content (AvgIpc) is 2.81. The summed E-state index contributed by atoms with van der Waals surface area (Å²) in [5, 5.41) is 16.6. The summed E-state index contributed by atoms with van der Waals surface area (Å²) in [5.74, 6) is -1.29. The topological polar surface area (TPSA) is 83.5 Å². The van der Waals surface area contributed by atoms with Crippen LogP contribution in [0.3, 0.4) is 0 Å². The van der Waals surface area contributed by atoms with Gasteiger partial charge in [-0.05, 0) is 66.8 Å². The van der Waals surface area contributed by atoms with E-state index < -0.39 is 30.3 Å². The lowest BCUT2D eigenvalue weighted by Crippen LogP contribution is -2.53. The fourth-order valence-corrected chi connectivity index (χ4v) is 5.16. The second-order valence-corrected chi connectivity index (χ2v) is 11.6. The van der Waals surface area contributed by atoms with Gasteiger partial charge in [-0.1, -0.05) is 32.9 Å². The van der Waals surface area contributed by atoms with Crippen molar-refractivity contribution in [3.8, 4) is 5.88 Å². The molecular weight excluding hydrogens is 483 g/mol. The fraction of sp³-hybridized carbons (Fsp3) is 0.571. The molecule has 3 N–H and O–H groups in total. The summed E-state index contributed by atoms with van der Waals surface area (Å²) in [7, 11) is 0. The van der Waals surface area contributed by atoms with Gasteiger partial charge in [0.1, 0.15) is 11.4 Å². The lowest BCUT2D eigenvalue weighted by atomic mass is 9.73. The first-order valence-corrected chi connectivity index (χ1v) is 12.9. The monoisotopic (exact) mass is 519 g/mol. The molecule has 2 aliphatic rings.